The molecule has 1 saturated carbocycles. The van der Waals surface area contributed by atoms with Gasteiger partial charge in [0, 0.05) is 51.4 Å². The van der Waals surface area contributed by atoms with Gasteiger partial charge in [0.15, 0.2) is 5.69 Å². The summed E-state index contributed by atoms with van der Waals surface area (Å²) in [6, 6.07) is 7.27. The van der Waals surface area contributed by atoms with Crippen LogP contribution in [0.15, 0.2) is 34.9 Å². The predicted molar refractivity (Wildman–Crippen MR) is 112 cm³/mol. The number of benzene rings is 1. The van der Waals surface area contributed by atoms with Gasteiger partial charge in [-0.15, -0.1) is 0 Å². The van der Waals surface area contributed by atoms with Crippen molar-refractivity contribution in [1.82, 2.24) is 19.7 Å². The largest absolute Gasteiger partial charge is 0.447 e. The number of oxazole rings is 1. The summed E-state index contributed by atoms with van der Waals surface area (Å²) in [4.78, 5) is 23.6. The Bertz CT molecular complexity index is 841. The van der Waals surface area contributed by atoms with Gasteiger partial charge in [0.05, 0.1) is 6.54 Å². The monoisotopic (exact) mass is 414 g/mol. The van der Waals surface area contributed by atoms with Gasteiger partial charge in [-0.2, -0.15) is 0 Å². The predicted octanol–water partition coefficient (Wildman–Crippen LogP) is 3.54. The van der Waals surface area contributed by atoms with Crippen molar-refractivity contribution in [1.29, 1.82) is 0 Å². The molecule has 0 bridgehead atoms. The molecule has 2 aromatic rings. The maximum atomic E-state index is 13.9. The summed E-state index contributed by atoms with van der Waals surface area (Å²) in [7, 11) is 1.88. The summed E-state index contributed by atoms with van der Waals surface area (Å²) in [5.41, 5.74) is 1.14. The second kappa shape index (κ2) is 9.71. The molecular weight excluding hydrogens is 383 g/mol. The van der Waals surface area contributed by atoms with E-state index in [4.69, 9.17) is 4.42 Å². The van der Waals surface area contributed by atoms with Gasteiger partial charge >= 0.3 is 0 Å². The van der Waals surface area contributed by atoms with Crippen LogP contribution in [0.2, 0.25) is 0 Å². The fraction of sp³-hybridized carbons (Fsp3) is 0.565. The molecule has 0 atom stereocenters. The first kappa shape index (κ1) is 21.0. The zero-order chi connectivity index (χ0) is 20.9. The first-order valence-corrected chi connectivity index (χ1v) is 11.0. The topological polar surface area (TPSA) is 52.8 Å². The fourth-order valence-corrected chi connectivity index (χ4v) is 4.46. The molecule has 1 aliphatic carbocycles. The number of amides is 1. The zero-order valence-corrected chi connectivity index (χ0v) is 17.7. The van der Waals surface area contributed by atoms with Crippen LogP contribution in [-0.4, -0.2) is 64.9 Å². The maximum absolute atomic E-state index is 13.9. The molecule has 1 aromatic heterocycles. The standard InChI is InChI=1S/C23H31FN4O2/c1-26(19-8-3-2-4-9-19)23(29)21-17-30-22(25-21)16-28-13-11-27(12-14-28)15-18-7-5-6-10-20(18)24/h5-7,10,17,19H,2-4,8-9,11-16H2,1H3. The maximum Gasteiger partial charge on any atom is 0.275 e. The molecule has 1 amide bonds. The Labute approximate surface area is 177 Å². The summed E-state index contributed by atoms with van der Waals surface area (Å²) in [5.74, 6) is 0.389. The van der Waals surface area contributed by atoms with Crippen LogP contribution in [-0.2, 0) is 13.1 Å². The third-order valence-electron chi connectivity index (χ3n) is 6.39. The van der Waals surface area contributed by atoms with Crippen LogP contribution in [0.5, 0.6) is 0 Å². The molecule has 0 radical (unpaired) electrons. The van der Waals surface area contributed by atoms with Crippen molar-refractivity contribution in [2.45, 2.75) is 51.2 Å². The number of carbonyl (C=O) groups is 1. The molecule has 2 fully saturated rings. The lowest BCUT2D eigenvalue weighted by atomic mass is 9.94. The summed E-state index contributed by atoms with van der Waals surface area (Å²) < 4.78 is 19.5. The van der Waals surface area contributed by atoms with Crippen LogP contribution in [0.25, 0.3) is 0 Å². The normalized spacial score (nSPS) is 19.1. The van der Waals surface area contributed by atoms with Crippen LogP contribution in [0.1, 0.15) is 54.0 Å². The number of rotatable bonds is 6. The number of halogens is 1. The van der Waals surface area contributed by atoms with Crippen LogP contribution < -0.4 is 0 Å². The zero-order valence-electron chi connectivity index (χ0n) is 17.7. The number of hydrogen-bond acceptors (Lipinski definition) is 5. The molecule has 162 valence electrons. The Kier molecular flexibility index (Phi) is 6.79. The number of aromatic nitrogens is 1. The average molecular weight is 415 g/mol. The molecule has 30 heavy (non-hydrogen) atoms. The summed E-state index contributed by atoms with van der Waals surface area (Å²) in [5, 5.41) is 0. The van der Waals surface area contributed by atoms with Gasteiger partial charge in [0.25, 0.3) is 5.91 Å². The van der Waals surface area contributed by atoms with Crippen molar-refractivity contribution in [2.75, 3.05) is 33.2 Å². The molecule has 0 unspecified atom stereocenters. The highest BCUT2D eigenvalue weighted by molar-refractivity contribution is 5.92. The number of piperazine rings is 1. The third-order valence-corrected chi connectivity index (χ3v) is 6.39. The van der Waals surface area contributed by atoms with Crippen molar-refractivity contribution in [3.63, 3.8) is 0 Å². The highest BCUT2D eigenvalue weighted by atomic mass is 19.1. The van der Waals surface area contributed by atoms with E-state index in [-0.39, 0.29) is 11.7 Å². The molecule has 1 saturated heterocycles. The summed E-state index contributed by atoms with van der Waals surface area (Å²) in [6.07, 6.45) is 7.28. The first-order chi connectivity index (χ1) is 14.6. The molecule has 2 aliphatic rings. The Morgan fingerprint density at radius 1 is 1.10 bits per heavy atom. The van der Waals surface area contributed by atoms with E-state index in [1.807, 2.05) is 24.1 Å². The Morgan fingerprint density at radius 2 is 1.77 bits per heavy atom. The minimum absolute atomic E-state index is 0.0494. The van der Waals surface area contributed by atoms with Crippen LogP contribution in [0.3, 0.4) is 0 Å². The van der Waals surface area contributed by atoms with Crippen LogP contribution in [0, 0.1) is 5.82 Å². The average Bonchev–Trinajstić information content (AvgIpc) is 3.25. The SMILES string of the molecule is CN(C(=O)c1coc(CN2CCN(Cc3ccccc3F)CC2)n1)C1CCCCC1. The quantitative estimate of drug-likeness (QED) is 0.724. The molecule has 2 heterocycles. The van der Waals surface area contributed by atoms with Gasteiger partial charge in [-0.25, -0.2) is 9.37 Å². The third kappa shape index (κ3) is 5.08. The highest BCUT2D eigenvalue weighted by Crippen LogP contribution is 2.23. The van der Waals surface area contributed by atoms with E-state index in [1.165, 1.54) is 31.6 Å². The molecular formula is C23H31FN4O2. The second-order valence-corrected chi connectivity index (χ2v) is 8.48. The molecule has 0 spiro atoms. The van der Waals surface area contributed by atoms with Crippen molar-refractivity contribution in [3.8, 4) is 0 Å². The van der Waals surface area contributed by atoms with Gasteiger partial charge in [-0.1, -0.05) is 37.5 Å². The lowest BCUT2D eigenvalue weighted by molar-refractivity contribution is 0.0690. The highest BCUT2D eigenvalue weighted by Gasteiger charge is 2.26. The van der Waals surface area contributed by atoms with Crippen molar-refractivity contribution < 1.29 is 13.6 Å². The minimum atomic E-state index is -0.143. The van der Waals surface area contributed by atoms with E-state index < -0.39 is 0 Å². The lowest BCUT2D eigenvalue weighted by Crippen LogP contribution is -2.45. The molecule has 4 rings (SSSR count). The van der Waals surface area contributed by atoms with Gasteiger partial charge < -0.3 is 9.32 Å². The fourth-order valence-electron chi connectivity index (χ4n) is 4.46. The van der Waals surface area contributed by atoms with Crippen molar-refractivity contribution in [2.24, 2.45) is 0 Å². The molecule has 7 heteroatoms. The smallest absolute Gasteiger partial charge is 0.275 e. The Balaban J connectivity index is 1.26. The van der Waals surface area contributed by atoms with Crippen molar-refractivity contribution in [3.05, 3.63) is 53.5 Å². The molecule has 6 nitrogen and oxygen atoms in total. The van der Waals surface area contributed by atoms with E-state index in [1.54, 1.807) is 6.07 Å². The van der Waals surface area contributed by atoms with E-state index in [9.17, 15) is 9.18 Å². The van der Waals surface area contributed by atoms with Gasteiger partial charge in [0.2, 0.25) is 5.89 Å². The van der Waals surface area contributed by atoms with E-state index in [0.29, 0.717) is 30.7 Å². The van der Waals surface area contributed by atoms with Gasteiger partial charge in [0.1, 0.15) is 12.1 Å². The summed E-state index contributed by atoms with van der Waals surface area (Å²) >= 11 is 0. The number of hydrogen-bond donors (Lipinski definition) is 0. The molecule has 1 aromatic carbocycles. The first-order valence-electron chi connectivity index (χ1n) is 11.0. The van der Waals surface area contributed by atoms with Crippen LogP contribution >= 0.6 is 0 Å². The van der Waals surface area contributed by atoms with Gasteiger partial charge in [-0.05, 0) is 18.9 Å². The van der Waals surface area contributed by atoms with E-state index in [2.05, 4.69) is 14.8 Å². The number of carbonyl (C=O) groups excluding carboxylic acids is 1. The Hall–Kier alpha value is -2.25. The summed E-state index contributed by atoms with van der Waals surface area (Å²) in [6.45, 7) is 4.68. The van der Waals surface area contributed by atoms with E-state index >= 15 is 0 Å². The second-order valence-electron chi connectivity index (χ2n) is 8.48. The van der Waals surface area contributed by atoms with Crippen molar-refractivity contribution >= 4 is 5.91 Å². The minimum Gasteiger partial charge on any atom is -0.447 e. The number of nitrogens with zero attached hydrogens (tertiary/aromatic N) is 4. The molecule has 1 aliphatic heterocycles. The van der Waals surface area contributed by atoms with Crippen LogP contribution in [0.4, 0.5) is 4.39 Å². The Morgan fingerprint density at radius 3 is 2.47 bits per heavy atom. The molecule has 0 N–H and O–H groups in total. The lowest BCUT2D eigenvalue weighted by Gasteiger charge is -2.34. The van der Waals surface area contributed by atoms with E-state index in [0.717, 1.165) is 44.6 Å². The van der Waals surface area contributed by atoms with Gasteiger partial charge in [-0.3, -0.25) is 14.6 Å².